The Hall–Kier alpha value is -0.170. The van der Waals surface area contributed by atoms with Crippen molar-refractivity contribution in [3.8, 4) is 0 Å². The van der Waals surface area contributed by atoms with Gasteiger partial charge in [0.15, 0.2) is 0 Å². The molecule has 4 heteroatoms. The zero-order chi connectivity index (χ0) is 12.1. The van der Waals surface area contributed by atoms with Crippen LogP contribution in [0.15, 0.2) is 24.3 Å². The predicted molar refractivity (Wildman–Crippen MR) is 78.1 cm³/mol. The highest BCUT2D eigenvalue weighted by atomic mass is 127. The van der Waals surface area contributed by atoms with Crippen LogP contribution in [0.5, 0.6) is 0 Å². The summed E-state index contributed by atoms with van der Waals surface area (Å²) in [5.41, 5.74) is 1.33. The molecule has 0 spiro atoms. The summed E-state index contributed by atoms with van der Waals surface area (Å²) in [6, 6.07) is 8.62. The van der Waals surface area contributed by atoms with Gasteiger partial charge in [-0.3, -0.25) is 0 Å². The van der Waals surface area contributed by atoms with Crippen LogP contribution in [-0.2, 0) is 11.3 Å². The highest BCUT2D eigenvalue weighted by molar-refractivity contribution is 14.1. The van der Waals surface area contributed by atoms with Gasteiger partial charge in [0.05, 0.1) is 12.7 Å². The van der Waals surface area contributed by atoms with Crippen LogP contribution in [0.2, 0.25) is 0 Å². The summed E-state index contributed by atoms with van der Waals surface area (Å²) in [4.78, 5) is 2.32. The van der Waals surface area contributed by atoms with E-state index >= 15 is 0 Å². The molecule has 94 valence electrons. The van der Waals surface area contributed by atoms with E-state index in [-0.39, 0.29) is 0 Å². The average molecular weight is 346 g/mol. The van der Waals surface area contributed by atoms with E-state index in [1.165, 1.54) is 9.13 Å². The molecule has 17 heavy (non-hydrogen) atoms. The van der Waals surface area contributed by atoms with E-state index in [9.17, 15) is 0 Å². The molecule has 1 N–H and O–H groups in total. The third-order valence-corrected chi connectivity index (χ3v) is 3.68. The van der Waals surface area contributed by atoms with Crippen LogP contribution in [0, 0.1) is 3.57 Å². The van der Waals surface area contributed by atoms with Gasteiger partial charge in [-0.05, 0) is 47.3 Å². The topological polar surface area (TPSA) is 24.5 Å². The summed E-state index contributed by atoms with van der Waals surface area (Å²) < 4.78 is 6.98. The molecule has 1 aromatic rings. The first-order chi connectivity index (χ1) is 8.24. The van der Waals surface area contributed by atoms with Crippen molar-refractivity contribution in [1.29, 1.82) is 0 Å². The van der Waals surface area contributed by atoms with Crippen molar-refractivity contribution in [3.63, 3.8) is 0 Å². The molecule has 1 unspecified atom stereocenters. The van der Waals surface area contributed by atoms with E-state index in [2.05, 4.69) is 64.1 Å². The minimum atomic E-state index is 0.331. The molecule has 3 nitrogen and oxygen atoms in total. The van der Waals surface area contributed by atoms with E-state index in [0.717, 1.165) is 32.8 Å². The number of hydrogen-bond acceptors (Lipinski definition) is 3. The molecule has 0 bridgehead atoms. The van der Waals surface area contributed by atoms with Gasteiger partial charge >= 0.3 is 0 Å². The Balaban J connectivity index is 1.70. The van der Waals surface area contributed by atoms with Gasteiger partial charge in [0, 0.05) is 29.7 Å². The molecular weight excluding hydrogens is 327 g/mol. The molecule has 0 saturated carbocycles. The van der Waals surface area contributed by atoms with Gasteiger partial charge in [0.1, 0.15) is 0 Å². The Labute approximate surface area is 117 Å². The molecule has 1 fully saturated rings. The van der Waals surface area contributed by atoms with Gasteiger partial charge < -0.3 is 15.0 Å². The molecule has 1 aromatic carbocycles. The Bertz CT molecular complexity index is 342. The molecule has 1 saturated heterocycles. The van der Waals surface area contributed by atoms with Gasteiger partial charge in [-0.2, -0.15) is 0 Å². The third kappa shape index (κ3) is 4.54. The van der Waals surface area contributed by atoms with Gasteiger partial charge in [0.2, 0.25) is 0 Å². The number of likely N-dealkylation sites (N-methyl/N-ethyl adjacent to an activating group) is 1. The normalized spacial score (nSPS) is 21.6. The highest BCUT2D eigenvalue weighted by Gasteiger charge is 2.16. The summed E-state index contributed by atoms with van der Waals surface area (Å²) in [6.45, 7) is 4.77. The molecule has 1 heterocycles. The first kappa shape index (κ1) is 13.3. The van der Waals surface area contributed by atoms with Gasteiger partial charge in [0.25, 0.3) is 0 Å². The van der Waals surface area contributed by atoms with Crippen LogP contribution in [0.25, 0.3) is 0 Å². The van der Waals surface area contributed by atoms with E-state index in [4.69, 9.17) is 4.74 Å². The van der Waals surface area contributed by atoms with Crippen molar-refractivity contribution in [2.24, 2.45) is 0 Å². The maximum absolute atomic E-state index is 5.70. The SMILES string of the molecule is CN1CCOC(CNCc2ccc(I)cc2)C1. The number of nitrogens with one attached hydrogen (secondary N) is 1. The lowest BCUT2D eigenvalue weighted by atomic mass is 10.2. The van der Waals surface area contributed by atoms with Crippen LogP contribution < -0.4 is 5.32 Å². The van der Waals surface area contributed by atoms with Crippen LogP contribution in [0.1, 0.15) is 5.56 Å². The quantitative estimate of drug-likeness (QED) is 0.841. The fraction of sp³-hybridized carbons (Fsp3) is 0.538. The number of ether oxygens (including phenoxy) is 1. The lowest BCUT2D eigenvalue weighted by Gasteiger charge is -2.30. The van der Waals surface area contributed by atoms with Crippen LogP contribution in [0.4, 0.5) is 0 Å². The van der Waals surface area contributed by atoms with Crippen LogP contribution in [0.3, 0.4) is 0 Å². The second kappa shape index (κ2) is 6.68. The van der Waals surface area contributed by atoms with Gasteiger partial charge in [-0.15, -0.1) is 0 Å². The van der Waals surface area contributed by atoms with Crippen LogP contribution >= 0.6 is 22.6 Å². The fourth-order valence-electron chi connectivity index (χ4n) is 1.97. The largest absolute Gasteiger partial charge is 0.374 e. The number of halogens is 1. The van der Waals surface area contributed by atoms with Crippen molar-refractivity contribution >= 4 is 22.6 Å². The number of nitrogens with zero attached hydrogens (tertiary/aromatic N) is 1. The lowest BCUT2D eigenvalue weighted by molar-refractivity contribution is -0.0182. The zero-order valence-electron chi connectivity index (χ0n) is 10.2. The molecular formula is C13H19IN2O. The summed E-state index contributed by atoms with van der Waals surface area (Å²) in [5, 5.41) is 3.46. The van der Waals surface area contributed by atoms with Crippen molar-refractivity contribution in [1.82, 2.24) is 10.2 Å². The average Bonchev–Trinajstić information content (AvgIpc) is 2.32. The Morgan fingerprint density at radius 2 is 2.18 bits per heavy atom. The van der Waals surface area contributed by atoms with E-state index in [1.54, 1.807) is 0 Å². The first-order valence-electron chi connectivity index (χ1n) is 5.99. The molecule has 0 aromatic heterocycles. The third-order valence-electron chi connectivity index (χ3n) is 2.96. The van der Waals surface area contributed by atoms with E-state index in [0.29, 0.717) is 6.10 Å². The van der Waals surface area contributed by atoms with Crippen molar-refractivity contribution in [2.45, 2.75) is 12.6 Å². The predicted octanol–water partition coefficient (Wildman–Crippen LogP) is 1.71. The van der Waals surface area contributed by atoms with Crippen molar-refractivity contribution in [2.75, 3.05) is 33.3 Å². The Kier molecular flexibility index (Phi) is 5.21. The number of morpholine rings is 1. The minimum Gasteiger partial charge on any atom is -0.374 e. The first-order valence-corrected chi connectivity index (χ1v) is 7.07. The number of rotatable bonds is 4. The Morgan fingerprint density at radius 3 is 2.88 bits per heavy atom. The fourth-order valence-corrected chi connectivity index (χ4v) is 2.33. The second-order valence-corrected chi connectivity index (χ2v) is 5.76. The van der Waals surface area contributed by atoms with Crippen molar-refractivity contribution < 1.29 is 4.74 Å². The maximum atomic E-state index is 5.70. The van der Waals surface area contributed by atoms with Crippen LogP contribution in [-0.4, -0.2) is 44.3 Å². The zero-order valence-corrected chi connectivity index (χ0v) is 12.3. The van der Waals surface area contributed by atoms with Gasteiger partial charge in [-0.1, -0.05) is 12.1 Å². The summed E-state index contributed by atoms with van der Waals surface area (Å²) in [6.07, 6.45) is 0.331. The monoisotopic (exact) mass is 346 g/mol. The van der Waals surface area contributed by atoms with E-state index in [1.807, 2.05) is 0 Å². The summed E-state index contributed by atoms with van der Waals surface area (Å²) in [7, 11) is 2.15. The highest BCUT2D eigenvalue weighted by Crippen LogP contribution is 2.07. The maximum Gasteiger partial charge on any atom is 0.0826 e. The molecule has 1 aliphatic heterocycles. The molecule has 2 rings (SSSR count). The standard InChI is InChI=1S/C13H19IN2O/c1-16-6-7-17-13(10-16)9-15-8-11-2-4-12(14)5-3-11/h2-5,13,15H,6-10H2,1H3. The number of hydrogen-bond donors (Lipinski definition) is 1. The minimum absolute atomic E-state index is 0.331. The molecule has 0 amide bonds. The molecule has 1 aliphatic rings. The summed E-state index contributed by atoms with van der Waals surface area (Å²) >= 11 is 2.33. The smallest absolute Gasteiger partial charge is 0.0826 e. The Morgan fingerprint density at radius 1 is 1.41 bits per heavy atom. The summed E-state index contributed by atoms with van der Waals surface area (Å²) in [5.74, 6) is 0. The molecule has 1 atom stereocenters. The number of benzene rings is 1. The lowest BCUT2D eigenvalue weighted by Crippen LogP contribution is -2.44. The van der Waals surface area contributed by atoms with Gasteiger partial charge in [-0.25, -0.2) is 0 Å². The molecule has 0 radical (unpaired) electrons. The van der Waals surface area contributed by atoms with E-state index < -0.39 is 0 Å². The second-order valence-electron chi connectivity index (χ2n) is 4.51. The van der Waals surface area contributed by atoms with Crippen molar-refractivity contribution in [3.05, 3.63) is 33.4 Å². The molecule has 0 aliphatic carbocycles.